The predicted octanol–water partition coefficient (Wildman–Crippen LogP) is 1.43. The predicted molar refractivity (Wildman–Crippen MR) is 58.7 cm³/mol. The molecule has 15 heavy (non-hydrogen) atoms. The van der Waals surface area contributed by atoms with Crippen LogP contribution in [0, 0.1) is 0 Å². The number of nitrogens with two attached hydrogens (primary N) is 1. The topological polar surface area (TPSA) is 53.7 Å². The molecule has 1 rings (SSSR count). The molecule has 1 aromatic carbocycles. The summed E-state index contributed by atoms with van der Waals surface area (Å²) < 4.78 is 15.7. The van der Waals surface area contributed by atoms with Gasteiger partial charge in [0.15, 0.2) is 0 Å². The normalized spacial score (nSPS) is 12.0. The number of methoxy groups -OCH3 is 2. The zero-order valence-electron chi connectivity index (χ0n) is 9.32. The molecule has 0 bridgehead atoms. The van der Waals surface area contributed by atoms with E-state index in [1.54, 1.807) is 32.4 Å². The number of benzene rings is 1. The van der Waals surface area contributed by atoms with E-state index in [0.29, 0.717) is 23.9 Å². The fourth-order valence-corrected chi connectivity index (χ4v) is 1.09. The van der Waals surface area contributed by atoms with Crippen molar-refractivity contribution in [3.63, 3.8) is 0 Å². The minimum absolute atomic E-state index is 0.00203. The van der Waals surface area contributed by atoms with Gasteiger partial charge >= 0.3 is 0 Å². The van der Waals surface area contributed by atoms with Crippen LogP contribution in [0.3, 0.4) is 0 Å². The maximum absolute atomic E-state index is 5.59. The zero-order chi connectivity index (χ0) is 11.3. The summed E-state index contributed by atoms with van der Waals surface area (Å²) in [6, 6.07) is 5.39. The molecule has 0 radical (unpaired) electrons. The Morgan fingerprint density at radius 1 is 1.07 bits per heavy atom. The first-order valence-corrected chi connectivity index (χ1v) is 4.77. The molecule has 0 fully saturated rings. The van der Waals surface area contributed by atoms with Crippen LogP contribution in [0.15, 0.2) is 18.2 Å². The van der Waals surface area contributed by atoms with E-state index >= 15 is 0 Å². The maximum atomic E-state index is 5.59. The van der Waals surface area contributed by atoms with Crippen LogP contribution >= 0.6 is 0 Å². The number of rotatable bonds is 5. The van der Waals surface area contributed by atoms with E-state index in [1.807, 2.05) is 6.92 Å². The highest BCUT2D eigenvalue weighted by Crippen LogP contribution is 2.27. The molecule has 1 atom stereocenters. The van der Waals surface area contributed by atoms with E-state index in [0.717, 1.165) is 0 Å². The van der Waals surface area contributed by atoms with Crippen LogP contribution in [-0.4, -0.2) is 26.9 Å². The lowest BCUT2D eigenvalue weighted by atomic mass is 10.3. The molecule has 0 aliphatic rings. The first-order valence-electron chi connectivity index (χ1n) is 4.77. The van der Waals surface area contributed by atoms with E-state index in [9.17, 15) is 0 Å². The van der Waals surface area contributed by atoms with Gasteiger partial charge in [0, 0.05) is 24.2 Å². The molecule has 0 aliphatic carbocycles. The lowest BCUT2D eigenvalue weighted by Gasteiger charge is -2.11. The Kier molecular flexibility index (Phi) is 4.24. The Balaban J connectivity index is 2.77. The molecule has 4 nitrogen and oxygen atoms in total. The van der Waals surface area contributed by atoms with Gasteiger partial charge in [-0.3, -0.25) is 0 Å². The third-order valence-corrected chi connectivity index (χ3v) is 1.84. The summed E-state index contributed by atoms with van der Waals surface area (Å²) in [6.45, 7) is 2.35. The minimum Gasteiger partial charge on any atom is -0.496 e. The van der Waals surface area contributed by atoms with Gasteiger partial charge in [0.2, 0.25) is 0 Å². The van der Waals surface area contributed by atoms with Gasteiger partial charge in [0.05, 0.1) is 14.2 Å². The Bertz CT molecular complexity index is 290. The SMILES string of the molecule is COc1cc(OC)cc(OC[C@@H](C)N)c1. The van der Waals surface area contributed by atoms with E-state index in [2.05, 4.69) is 0 Å². The third-order valence-electron chi connectivity index (χ3n) is 1.84. The van der Waals surface area contributed by atoms with Crippen molar-refractivity contribution in [3.8, 4) is 17.2 Å². The summed E-state index contributed by atoms with van der Waals surface area (Å²) in [6.07, 6.45) is 0. The van der Waals surface area contributed by atoms with Crippen molar-refractivity contribution in [2.24, 2.45) is 5.73 Å². The largest absolute Gasteiger partial charge is 0.496 e. The van der Waals surface area contributed by atoms with Gasteiger partial charge in [0.25, 0.3) is 0 Å². The zero-order valence-corrected chi connectivity index (χ0v) is 9.32. The lowest BCUT2D eigenvalue weighted by molar-refractivity contribution is 0.291. The molecule has 0 saturated heterocycles. The average molecular weight is 211 g/mol. The monoisotopic (exact) mass is 211 g/mol. The van der Waals surface area contributed by atoms with Gasteiger partial charge in [-0.15, -0.1) is 0 Å². The molecule has 0 saturated carbocycles. The lowest BCUT2D eigenvalue weighted by Crippen LogP contribution is -2.23. The second kappa shape index (κ2) is 5.46. The quantitative estimate of drug-likeness (QED) is 0.800. The van der Waals surface area contributed by atoms with Crippen LogP contribution < -0.4 is 19.9 Å². The van der Waals surface area contributed by atoms with E-state index in [-0.39, 0.29) is 6.04 Å². The smallest absolute Gasteiger partial charge is 0.126 e. The Morgan fingerprint density at radius 3 is 1.93 bits per heavy atom. The minimum atomic E-state index is 0.00203. The Labute approximate surface area is 89.9 Å². The van der Waals surface area contributed by atoms with Crippen molar-refractivity contribution in [1.29, 1.82) is 0 Å². The molecule has 0 aromatic heterocycles. The first kappa shape index (κ1) is 11.7. The van der Waals surface area contributed by atoms with E-state index < -0.39 is 0 Å². The Morgan fingerprint density at radius 2 is 1.53 bits per heavy atom. The standard InChI is InChI=1S/C11H17NO3/c1-8(12)7-15-11-5-9(13-2)4-10(6-11)14-3/h4-6,8H,7,12H2,1-3H3/t8-/m1/s1. The van der Waals surface area contributed by atoms with Crippen molar-refractivity contribution >= 4 is 0 Å². The fourth-order valence-electron chi connectivity index (χ4n) is 1.09. The summed E-state index contributed by atoms with van der Waals surface area (Å²) >= 11 is 0. The number of hydrogen-bond acceptors (Lipinski definition) is 4. The highest BCUT2D eigenvalue weighted by molar-refractivity contribution is 5.41. The molecule has 1 aromatic rings. The number of hydrogen-bond donors (Lipinski definition) is 1. The van der Waals surface area contributed by atoms with Gasteiger partial charge in [-0.1, -0.05) is 0 Å². The summed E-state index contributed by atoms with van der Waals surface area (Å²) in [5, 5.41) is 0. The fraction of sp³-hybridized carbons (Fsp3) is 0.455. The molecule has 0 aliphatic heterocycles. The molecule has 2 N–H and O–H groups in total. The first-order chi connectivity index (χ1) is 7.15. The molecule has 0 amide bonds. The van der Waals surface area contributed by atoms with Crippen molar-refractivity contribution in [3.05, 3.63) is 18.2 Å². The second-order valence-corrected chi connectivity index (χ2v) is 3.34. The number of ether oxygens (including phenoxy) is 3. The maximum Gasteiger partial charge on any atom is 0.126 e. The molecule has 0 spiro atoms. The highest BCUT2D eigenvalue weighted by Gasteiger charge is 2.03. The highest BCUT2D eigenvalue weighted by atomic mass is 16.5. The summed E-state index contributed by atoms with van der Waals surface area (Å²) in [5.74, 6) is 2.10. The van der Waals surface area contributed by atoms with Crippen LogP contribution in [0.5, 0.6) is 17.2 Å². The molecule has 0 unspecified atom stereocenters. The van der Waals surface area contributed by atoms with Crippen molar-refractivity contribution in [2.75, 3.05) is 20.8 Å². The van der Waals surface area contributed by atoms with Gasteiger partial charge < -0.3 is 19.9 Å². The molecule has 0 heterocycles. The molecule has 84 valence electrons. The van der Waals surface area contributed by atoms with Gasteiger partial charge in [-0.05, 0) is 6.92 Å². The van der Waals surface area contributed by atoms with Crippen molar-refractivity contribution in [2.45, 2.75) is 13.0 Å². The Hall–Kier alpha value is -1.42. The van der Waals surface area contributed by atoms with Gasteiger partial charge in [-0.2, -0.15) is 0 Å². The van der Waals surface area contributed by atoms with Crippen molar-refractivity contribution < 1.29 is 14.2 Å². The van der Waals surface area contributed by atoms with Gasteiger partial charge in [-0.25, -0.2) is 0 Å². The van der Waals surface area contributed by atoms with Crippen LogP contribution in [0.2, 0.25) is 0 Å². The van der Waals surface area contributed by atoms with Gasteiger partial charge in [0.1, 0.15) is 23.9 Å². The molecular weight excluding hydrogens is 194 g/mol. The van der Waals surface area contributed by atoms with Crippen LogP contribution in [0.4, 0.5) is 0 Å². The molecular formula is C11H17NO3. The summed E-state index contributed by atoms with van der Waals surface area (Å²) in [7, 11) is 3.20. The van der Waals surface area contributed by atoms with E-state index in [1.165, 1.54) is 0 Å². The van der Waals surface area contributed by atoms with Crippen LogP contribution in [-0.2, 0) is 0 Å². The van der Waals surface area contributed by atoms with E-state index in [4.69, 9.17) is 19.9 Å². The van der Waals surface area contributed by atoms with Crippen LogP contribution in [0.1, 0.15) is 6.92 Å². The van der Waals surface area contributed by atoms with Crippen molar-refractivity contribution in [1.82, 2.24) is 0 Å². The summed E-state index contributed by atoms with van der Waals surface area (Å²) in [4.78, 5) is 0. The summed E-state index contributed by atoms with van der Waals surface area (Å²) in [5.41, 5.74) is 5.59. The third kappa shape index (κ3) is 3.67. The second-order valence-electron chi connectivity index (χ2n) is 3.34. The van der Waals surface area contributed by atoms with Crippen LogP contribution in [0.25, 0.3) is 0 Å². The molecule has 4 heteroatoms. The average Bonchev–Trinajstić information content (AvgIpc) is 2.25.